The molecule has 3 heteroatoms. The zero-order valence-corrected chi connectivity index (χ0v) is 17.8. The summed E-state index contributed by atoms with van der Waals surface area (Å²) in [4.78, 5) is 27.9. The van der Waals surface area contributed by atoms with E-state index in [0.29, 0.717) is 12.0 Å². The molecule has 3 aromatic rings. The molecule has 0 radical (unpaired) electrons. The monoisotopic (exact) mass is 409 g/mol. The number of Topliss-reactive ketones (excluding diaryl/α,β-unsaturated/α-hetero) is 1. The van der Waals surface area contributed by atoms with E-state index in [0.717, 1.165) is 12.8 Å². The summed E-state index contributed by atoms with van der Waals surface area (Å²) in [6.07, 6.45) is 5.97. The molecule has 2 atom stereocenters. The number of carbonyl (C=O) groups is 2. The SMILES string of the molecule is CCC=CN1C(=O)C(C(=O)c2ccccc2)C[C@H]1Cc1ccc(-c2ccccc2)cc1. The number of carbonyl (C=O) groups excluding carboxylic acids is 2. The molecule has 3 nitrogen and oxygen atoms in total. The van der Waals surface area contributed by atoms with E-state index >= 15 is 0 Å². The molecule has 0 aliphatic carbocycles. The number of amides is 1. The van der Waals surface area contributed by atoms with E-state index in [4.69, 9.17) is 0 Å². The Hall–Kier alpha value is -3.46. The van der Waals surface area contributed by atoms with Crippen LogP contribution in [0, 0.1) is 5.92 Å². The van der Waals surface area contributed by atoms with E-state index in [-0.39, 0.29) is 17.7 Å². The summed E-state index contributed by atoms with van der Waals surface area (Å²) in [6.45, 7) is 2.04. The van der Waals surface area contributed by atoms with Gasteiger partial charge < -0.3 is 4.90 Å². The molecule has 0 N–H and O–H groups in total. The zero-order valence-electron chi connectivity index (χ0n) is 17.8. The first-order chi connectivity index (χ1) is 15.2. The van der Waals surface area contributed by atoms with Crippen LogP contribution in [0.15, 0.2) is 97.2 Å². The van der Waals surface area contributed by atoms with Crippen molar-refractivity contribution in [2.45, 2.75) is 32.2 Å². The molecule has 1 aliphatic rings. The third-order valence-corrected chi connectivity index (χ3v) is 5.86. The summed E-state index contributed by atoms with van der Waals surface area (Å²) >= 11 is 0. The van der Waals surface area contributed by atoms with Crippen LogP contribution < -0.4 is 0 Å². The average molecular weight is 410 g/mol. The molecule has 4 rings (SSSR count). The Labute approximate surface area is 184 Å². The van der Waals surface area contributed by atoms with Crippen molar-refractivity contribution in [3.63, 3.8) is 0 Å². The normalized spacial score (nSPS) is 18.6. The molecule has 0 spiro atoms. The van der Waals surface area contributed by atoms with Gasteiger partial charge in [0.15, 0.2) is 5.78 Å². The minimum atomic E-state index is -0.613. The van der Waals surface area contributed by atoms with Crippen LogP contribution in [-0.4, -0.2) is 22.6 Å². The summed E-state index contributed by atoms with van der Waals surface area (Å²) in [5.41, 5.74) is 4.13. The number of likely N-dealkylation sites (tertiary alicyclic amines) is 1. The number of hydrogen-bond acceptors (Lipinski definition) is 2. The predicted octanol–water partition coefficient (Wildman–Crippen LogP) is 5.92. The van der Waals surface area contributed by atoms with Crippen LogP contribution in [0.4, 0.5) is 0 Å². The van der Waals surface area contributed by atoms with Crippen LogP contribution in [0.2, 0.25) is 0 Å². The number of ketones is 1. The molecule has 3 aromatic carbocycles. The quantitative estimate of drug-likeness (QED) is 0.359. The van der Waals surface area contributed by atoms with Crippen molar-refractivity contribution in [3.05, 3.63) is 108 Å². The Balaban J connectivity index is 1.53. The molecular formula is C28H27NO2. The van der Waals surface area contributed by atoms with Crippen LogP contribution in [0.25, 0.3) is 11.1 Å². The van der Waals surface area contributed by atoms with Crippen LogP contribution in [0.3, 0.4) is 0 Å². The lowest BCUT2D eigenvalue weighted by Crippen LogP contribution is -2.31. The Kier molecular flexibility index (Phi) is 6.42. The molecule has 31 heavy (non-hydrogen) atoms. The third kappa shape index (κ3) is 4.66. The standard InChI is InChI=1S/C28H27NO2/c1-2-3-18-29-25(20-26(28(29)31)27(30)24-12-8-5-9-13-24)19-21-14-16-23(17-15-21)22-10-6-4-7-11-22/h3-18,25-26H,2,19-20H2,1H3/t25-,26?/m1/s1. The second kappa shape index (κ2) is 9.57. The molecule has 1 amide bonds. The maximum absolute atomic E-state index is 13.1. The van der Waals surface area contributed by atoms with Gasteiger partial charge in [-0.1, -0.05) is 97.9 Å². The minimum absolute atomic E-state index is 0.0180. The van der Waals surface area contributed by atoms with Crippen LogP contribution >= 0.6 is 0 Å². The van der Waals surface area contributed by atoms with Gasteiger partial charge in [0.25, 0.3) is 0 Å². The Morgan fingerprint density at radius 3 is 2.16 bits per heavy atom. The van der Waals surface area contributed by atoms with E-state index in [2.05, 4.69) is 36.4 Å². The maximum Gasteiger partial charge on any atom is 0.237 e. The highest BCUT2D eigenvalue weighted by Crippen LogP contribution is 2.31. The molecule has 1 saturated heterocycles. The molecule has 1 heterocycles. The average Bonchev–Trinajstić information content (AvgIpc) is 3.13. The Morgan fingerprint density at radius 2 is 1.52 bits per heavy atom. The topological polar surface area (TPSA) is 37.4 Å². The summed E-state index contributed by atoms with van der Waals surface area (Å²) in [7, 11) is 0. The van der Waals surface area contributed by atoms with Crippen molar-refractivity contribution in [1.29, 1.82) is 0 Å². The van der Waals surface area contributed by atoms with Crippen molar-refractivity contribution in [2.24, 2.45) is 5.92 Å². The number of benzene rings is 3. The smallest absolute Gasteiger partial charge is 0.237 e. The fourth-order valence-corrected chi connectivity index (χ4v) is 4.20. The van der Waals surface area contributed by atoms with Gasteiger partial charge in [-0.15, -0.1) is 0 Å². The maximum atomic E-state index is 13.1. The zero-order chi connectivity index (χ0) is 21.6. The highest BCUT2D eigenvalue weighted by Gasteiger charge is 2.42. The van der Waals surface area contributed by atoms with Gasteiger partial charge in [-0.3, -0.25) is 9.59 Å². The van der Waals surface area contributed by atoms with Crippen molar-refractivity contribution in [3.8, 4) is 11.1 Å². The van der Waals surface area contributed by atoms with Gasteiger partial charge in [0.05, 0.1) is 0 Å². The van der Waals surface area contributed by atoms with Crippen molar-refractivity contribution < 1.29 is 9.59 Å². The van der Waals surface area contributed by atoms with Gasteiger partial charge in [-0.05, 0) is 36.0 Å². The molecule has 1 unspecified atom stereocenters. The van der Waals surface area contributed by atoms with Crippen molar-refractivity contribution in [2.75, 3.05) is 0 Å². The summed E-state index contributed by atoms with van der Waals surface area (Å²) in [6, 6.07) is 27.9. The van der Waals surface area contributed by atoms with Crippen LogP contribution in [0.1, 0.15) is 35.7 Å². The molecule has 1 aliphatic heterocycles. The largest absolute Gasteiger partial charge is 0.315 e. The van der Waals surface area contributed by atoms with Crippen molar-refractivity contribution >= 4 is 11.7 Å². The first kappa shape index (κ1) is 20.8. The van der Waals surface area contributed by atoms with Gasteiger partial charge in [-0.25, -0.2) is 0 Å². The fraction of sp³-hybridized carbons (Fsp3) is 0.214. The third-order valence-electron chi connectivity index (χ3n) is 5.86. The Bertz CT molecular complexity index is 1060. The lowest BCUT2D eigenvalue weighted by molar-refractivity contribution is -0.128. The van der Waals surface area contributed by atoms with E-state index < -0.39 is 5.92 Å². The van der Waals surface area contributed by atoms with E-state index in [1.54, 1.807) is 17.0 Å². The lowest BCUT2D eigenvalue weighted by Gasteiger charge is -2.21. The summed E-state index contributed by atoms with van der Waals surface area (Å²) in [5.74, 6) is -0.788. The van der Waals surface area contributed by atoms with Gasteiger partial charge in [0, 0.05) is 17.8 Å². The number of allylic oxidation sites excluding steroid dienone is 1. The molecule has 0 saturated carbocycles. The highest BCUT2D eigenvalue weighted by molar-refractivity contribution is 6.11. The van der Waals surface area contributed by atoms with Gasteiger partial charge in [-0.2, -0.15) is 0 Å². The summed E-state index contributed by atoms with van der Waals surface area (Å²) < 4.78 is 0. The van der Waals surface area contributed by atoms with Crippen molar-refractivity contribution in [1.82, 2.24) is 4.90 Å². The first-order valence-electron chi connectivity index (χ1n) is 10.9. The van der Waals surface area contributed by atoms with E-state index in [1.807, 2.05) is 55.6 Å². The number of nitrogens with zero attached hydrogens (tertiary/aromatic N) is 1. The van der Waals surface area contributed by atoms with E-state index in [1.165, 1.54) is 16.7 Å². The van der Waals surface area contributed by atoms with Gasteiger partial charge >= 0.3 is 0 Å². The van der Waals surface area contributed by atoms with Crippen LogP contribution in [-0.2, 0) is 11.2 Å². The highest BCUT2D eigenvalue weighted by atomic mass is 16.2. The Morgan fingerprint density at radius 1 is 0.903 bits per heavy atom. The molecule has 156 valence electrons. The second-order valence-corrected chi connectivity index (χ2v) is 7.98. The molecule has 0 aromatic heterocycles. The molecule has 0 bridgehead atoms. The van der Waals surface area contributed by atoms with E-state index in [9.17, 15) is 9.59 Å². The number of hydrogen-bond donors (Lipinski definition) is 0. The van der Waals surface area contributed by atoms with Gasteiger partial charge in [0.2, 0.25) is 5.91 Å². The molecular weight excluding hydrogens is 382 g/mol. The fourth-order valence-electron chi connectivity index (χ4n) is 4.20. The number of rotatable bonds is 7. The minimum Gasteiger partial charge on any atom is -0.315 e. The summed E-state index contributed by atoms with van der Waals surface area (Å²) in [5, 5.41) is 0. The predicted molar refractivity (Wildman–Crippen MR) is 125 cm³/mol. The lowest BCUT2D eigenvalue weighted by atomic mass is 9.92. The van der Waals surface area contributed by atoms with Crippen LogP contribution in [0.5, 0.6) is 0 Å². The second-order valence-electron chi connectivity index (χ2n) is 7.98. The molecule has 1 fully saturated rings. The van der Waals surface area contributed by atoms with Gasteiger partial charge in [0.1, 0.15) is 5.92 Å². The first-order valence-corrected chi connectivity index (χ1v) is 10.9.